The summed E-state index contributed by atoms with van der Waals surface area (Å²) in [5.41, 5.74) is 6.80. The minimum Gasteiger partial charge on any atom is -0.380 e. The molecule has 1 unspecified atom stereocenters. The number of hydrogen-bond donors (Lipinski definition) is 1. The van der Waals surface area contributed by atoms with Gasteiger partial charge in [0, 0.05) is 37.3 Å². The zero-order valence-electron chi connectivity index (χ0n) is 13.9. The Morgan fingerprint density at radius 1 is 1.32 bits per heavy atom. The normalized spacial score (nSPS) is 18.7. The number of nitrogens with zero attached hydrogens (tertiary/aromatic N) is 3. The van der Waals surface area contributed by atoms with Crippen LogP contribution in [0, 0.1) is 11.7 Å². The molecule has 0 radical (unpaired) electrons. The van der Waals surface area contributed by atoms with Gasteiger partial charge in [0.1, 0.15) is 11.5 Å². The van der Waals surface area contributed by atoms with Crippen molar-refractivity contribution >= 4 is 5.91 Å². The van der Waals surface area contributed by atoms with Crippen LogP contribution in [0.1, 0.15) is 21.7 Å². The van der Waals surface area contributed by atoms with E-state index in [9.17, 15) is 9.18 Å². The Bertz CT molecular complexity index is 723. The Morgan fingerprint density at radius 3 is 2.88 bits per heavy atom. The van der Waals surface area contributed by atoms with Crippen molar-refractivity contribution in [3.05, 3.63) is 59.4 Å². The molecule has 1 aliphatic heterocycles. The van der Waals surface area contributed by atoms with Crippen LogP contribution in [0.2, 0.25) is 0 Å². The second kappa shape index (κ2) is 8.13. The maximum Gasteiger partial charge on any atom is 0.268 e. The molecule has 1 aromatic heterocycles. The Kier molecular flexibility index (Phi) is 5.67. The molecule has 2 heterocycles. The lowest BCUT2D eigenvalue weighted by molar-refractivity contribution is 0.0995. The summed E-state index contributed by atoms with van der Waals surface area (Å²) in [6, 6.07) is 6.84. The molecule has 6 nitrogen and oxygen atoms in total. The van der Waals surface area contributed by atoms with Crippen molar-refractivity contribution in [1.29, 1.82) is 0 Å². The van der Waals surface area contributed by atoms with Crippen molar-refractivity contribution in [1.82, 2.24) is 14.9 Å². The first-order valence-corrected chi connectivity index (χ1v) is 8.26. The lowest BCUT2D eigenvalue weighted by Crippen LogP contribution is -2.31. The monoisotopic (exact) mass is 344 g/mol. The van der Waals surface area contributed by atoms with Crippen LogP contribution in [0.15, 0.2) is 36.7 Å². The molecule has 2 aromatic rings. The van der Waals surface area contributed by atoms with Crippen LogP contribution >= 0.6 is 0 Å². The smallest absolute Gasteiger partial charge is 0.268 e. The Labute approximate surface area is 145 Å². The number of benzene rings is 1. The van der Waals surface area contributed by atoms with E-state index < -0.39 is 5.91 Å². The lowest BCUT2D eigenvalue weighted by Gasteiger charge is -2.23. The second-order valence-electron chi connectivity index (χ2n) is 6.23. The molecule has 1 amide bonds. The topological polar surface area (TPSA) is 81.3 Å². The molecule has 1 fully saturated rings. The third-order valence-corrected chi connectivity index (χ3v) is 4.23. The summed E-state index contributed by atoms with van der Waals surface area (Å²) < 4.78 is 19.6. The highest BCUT2D eigenvalue weighted by Gasteiger charge is 2.20. The number of carbonyl (C=O) groups excluding carboxylic acids is 1. The van der Waals surface area contributed by atoms with E-state index in [0.717, 1.165) is 18.8 Å². The number of hydrogen-bond acceptors (Lipinski definition) is 5. The molecule has 0 bridgehead atoms. The predicted octanol–water partition coefficient (Wildman–Crippen LogP) is 1.41. The Morgan fingerprint density at radius 2 is 2.16 bits per heavy atom. The summed E-state index contributed by atoms with van der Waals surface area (Å²) in [5, 5.41) is 0. The van der Waals surface area contributed by atoms with Crippen molar-refractivity contribution in [3.8, 4) is 0 Å². The van der Waals surface area contributed by atoms with Crippen molar-refractivity contribution in [2.45, 2.75) is 13.0 Å². The van der Waals surface area contributed by atoms with Crippen LogP contribution in [0.25, 0.3) is 0 Å². The molecule has 0 spiro atoms. The van der Waals surface area contributed by atoms with E-state index >= 15 is 0 Å². The SMILES string of the molecule is NC(=O)c1cnc(CC2COCCN(Cc3ccccc3F)C2)cn1. The second-order valence-corrected chi connectivity index (χ2v) is 6.23. The number of amides is 1. The number of nitrogens with two attached hydrogens (primary N) is 1. The van der Waals surface area contributed by atoms with Crippen LogP contribution in [0.4, 0.5) is 4.39 Å². The van der Waals surface area contributed by atoms with E-state index in [1.54, 1.807) is 12.3 Å². The third kappa shape index (κ3) is 4.80. The van der Waals surface area contributed by atoms with Crippen molar-refractivity contribution in [3.63, 3.8) is 0 Å². The maximum absolute atomic E-state index is 13.9. The summed E-state index contributed by atoms with van der Waals surface area (Å²) in [5.74, 6) is -0.548. The number of rotatable bonds is 5. The minimum absolute atomic E-state index is 0.155. The van der Waals surface area contributed by atoms with Gasteiger partial charge in [-0.05, 0) is 12.5 Å². The number of primary amides is 1. The molecular weight excluding hydrogens is 323 g/mol. The molecule has 25 heavy (non-hydrogen) atoms. The minimum atomic E-state index is -0.590. The summed E-state index contributed by atoms with van der Waals surface area (Å²) in [4.78, 5) is 21.5. The van der Waals surface area contributed by atoms with Gasteiger partial charge in [0.2, 0.25) is 0 Å². The van der Waals surface area contributed by atoms with Crippen molar-refractivity contribution in [2.75, 3.05) is 26.3 Å². The van der Waals surface area contributed by atoms with Gasteiger partial charge in [-0.25, -0.2) is 9.37 Å². The lowest BCUT2D eigenvalue weighted by atomic mass is 10.0. The van der Waals surface area contributed by atoms with Crippen LogP contribution in [0.5, 0.6) is 0 Å². The first-order valence-electron chi connectivity index (χ1n) is 8.26. The molecule has 3 rings (SSSR count). The highest BCUT2D eigenvalue weighted by molar-refractivity contribution is 5.90. The first-order chi connectivity index (χ1) is 12.1. The molecule has 1 atom stereocenters. The molecule has 0 aliphatic carbocycles. The van der Waals surface area contributed by atoms with E-state index in [-0.39, 0.29) is 17.4 Å². The molecule has 1 aliphatic rings. The van der Waals surface area contributed by atoms with Crippen LogP contribution in [-0.4, -0.2) is 47.1 Å². The largest absolute Gasteiger partial charge is 0.380 e. The van der Waals surface area contributed by atoms with Crippen molar-refractivity contribution in [2.24, 2.45) is 11.7 Å². The highest BCUT2D eigenvalue weighted by atomic mass is 19.1. The molecule has 7 heteroatoms. The predicted molar refractivity (Wildman–Crippen MR) is 90.2 cm³/mol. The van der Waals surface area contributed by atoms with Crippen LogP contribution in [-0.2, 0) is 17.7 Å². The summed E-state index contributed by atoms with van der Waals surface area (Å²) >= 11 is 0. The average Bonchev–Trinajstić information content (AvgIpc) is 2.82. The quantitative estimate of drug-likeness (QED) is 0.887. The van der Waals surface area contributed by atoms with Gasteiger partial charge in [0.25, 0.3) is 5.91 Å². The number of carbonyl (C=O) groups is 1. The molecular formula is C18H21FN4O2. The fraction of sp³-hybridized carbons (Fsp3) is 0.389. The van der Waals surface area contributed by atoms with Gasteiger partial charge in [0.15, 0.2) is 0 Å². The number of ether oxygens (including phenoxy) is 1. The van der Waals surface area contributed by atoms with E-state index in [1.807, 2.05) is 12.1 Å². The fourth-order valence-electron chi connectivity index (χ4n) is 2.97. The van der Waals surface area contributed by atoms with Gasteiger partial charge in [-0.3, -0.25) is 14.7 Å². The average molecular weight is 344 g/mol. The molecule has 132 valence electrons. The van der Waals surface area contributed by atoms with Crippen LogP contribution in [0.3, 0.4) is 0 Å². The molecule has 1 saturated heterocycles. The maximum atomic E-state index is 13.9. The summed E-state index contributed by atoms with van der Waals surface area (Å²) in [7, 11) is 0. The number of halogens is 1. The van der Waals surface area contributed by atoms with Gasteiger partial charge in [-0.15, -0.1) is 0 Å². The van der Waals surface area contributed by atoms with Gasteiger partial charge in [-0.2, -0.15) is 0 Å². The molecule has 0 saturated carbocycles. The zero-order valence-corrected chi connectivity index (χ0v) is 13.9. The van der Waals surface area contributed by atoms with Crippen molar-refractivity contribution < 1.29 is 13.9 Å². The Balaban J connectivity index is 1.63. The molecule has 2 N–H and O–H groups in total. The molecule has 1 aromatic carbocycles. The summed E-state index contributed by atoms with van der Waals surface area (Å²) in [6.07, 6.45) is 3.65. The van der Waals surface area contributed by atoms with E-state index in [0.29, 0.717) is 31.7 Å². The highest BCUT2D eigenvalue weighted by Crippen LogP contribution is 2.16. The standard InChI is InChI=1S/C18H21FN4O2/c19-16-4-2-1-3-14(16)11-23-5-6-25-12-13(10-23)7-15-8-22-17(9-21-15)18(20)24/h1-4,8-9,13H,5-7,10-12H2,(H2,20,24). The van der Waals surface area contributed by atoms with Crippen LogP contribution < -0.4 is 5.73 Å². The first kappa shape index (κ1) is 17.4. The third-order valence-electron chi connectivity index (χ3n) is 4.23. The van der Waals surface area contributed by atoms with Gasteiger partial charge >= 0.3 is 0 Å². The van der Waals surface area contributed by atoms with Gasteiger partial charge in [0.05, 0.1) is 25.1 Å². The van der Waals surface area contributed by atoms with Gasteiger partial charge in [-0.1, -0.05) is 18.2 Å². The van der Waals surface area contributed by atoms with E-state index in [1.165, 1.54) is 12.3 Å². The fourth-order valence-corrected chi connectivity index (χ4v) is 2.97. The van der Waals surface area contributed by atoms with E-state index in [2.05, 4.69) is 14.9 Å². The zero-order chi connectivity index (χ0) is 17.6. The van der Waals surface area contributed by atoms with Gasteiger partial charge < -0.3 is 10.5 Å². The summed E-state index contributed by atoms with van der Waals surface area (Å²) in [6.45, 7) is 3.34. The number of aromatic nitrogens is 2. The van der Waals surface area contributed by atoms with E-state index in [4.69, 9.17) is 10.5 Å². The Hall–Kier alpha value is -2.38.